The van der Waals surface area contributed by atoms with Crippen LogP contribution in [0, 0.1) is 0 Å². The Morgan fingerprint density at radius 1 is 0.967 bits per heavy atom. The maximum absolute atomic E-state index is 13.6. The second-order valence-electron chi connectivity index (χ2n) is 7.81. The van der Waals surface area contributed by atoms with Crippen molar-refractivity contribution < 1.29 is 19.8 Å². The molecule has 0 bridgehead atoms. The number of benzene rings is 3. The SMILES string of the molecule is O=C1C2=C(CCC=C2O)C(C(=O)Cc2cccc3ccccc23)c2cccc(O)c21. The molecule has 3 aromatic rings. The predicted molar refractivity (Wildman–Crippen MR) is 115 cm³/mol. The molecule has 3 aromatic carbocycles. The van der Waals surface area contributed by atoms with Gasteiger partial charge in [-0.2, -0.15) is 0 Å². The molecule has 30 heavy (non-hydrogen) atoms. The highest BCUT2D eigenvalue weighted by Gasteiger charge is 2.40. The number of fused-ring (bicyclic) bond motifs is 2. The number of aromatic hydroxyl groups is 1. The van der Waals surface area contributed by atoms with Gasteiger partial charge in [-0.3, -0.25) is 9.59 Å². The molecule has 0 saturated heterocycles. The molecule has 0 amide bonds. The number of aliphatic hydroxyl groups excluding tert-OH is 1. The van der Waals surface area contributed by atoms with Gasteiger partial charge in [0.25, 0.3) is 0 Å². The quantitative estimate of drug-likeness (QED) is 0.641. The Morgan fingerprint density at radius 3 is 2.60 bits per heavy atom. The molecule has 148 valence electrons. The monoisotopic (exact) mass is 396 g/mol. The summed E-state index contributed by atoms with van der Waals surface area (Å²) in [5.74, 6) is -1.38. The predicted octanol–water partition coefficient (Wildman–Crippen LogP) is 5.17. The van der Waals surface area contributed by atoms with Crippen LogP contribution in [0.15, 0.2) is 83.6 Å². The maximum atomic E-state index is 13.6. The van der Waals surface area contributed by atoms with E-state index in [1.54, 1.807) is 18.2 Å². The fourth-order valence-electron chi connectivity index (χ4n) is 4.77. The molecule has 0 radical (unpaired) electrons. The van der Waals surface area contributed by atoms with Crippen LogP contribution in [0.4, 0.5) is 0 Å². The second kappa shape index (κ2) is 6.99. The fourth-order valence-corrected chi connectivity index (χ4v) is 4.77. The van der Waals surface area contributed by atoms with Gasteiger partial charge in [-0.15, -0.1) is 0 Å². The van der Waals surface area contributed by atoms with E-state index < -0.39 is 11.7 Å². The molecule has 2 aliphatic rings. The smallest absolute Gasteiger partial charge is 0.200 e. The van der Waals surface area contributed by atoms with Crippen molar-refractivity contribution in [1.82, 2.24) is 0 Å². The number of Topliss-reactive ketones (excluding diaryl/α,β-unsaturated/α-hetero) is 2. The molecule has 1 atom stereocenters. The van der Waals surface area contributed by atoms with E-state index in [1.165, 1.54) is 6.07 Å². The zero-order chi connectivity index (χ0) is 20.8. The summed E-state index contributed by atoms with van der Waals surface area (Å²) < 4.78 is 0. The first kappa shape index (κ1) is 18.4. The van der Waals surface area contributed by atoms with E-state index in [0.29, 0.717) is 24.0 Å². The molecular weight excluding hydrogens is 376 g/mol. The molecule has 5 rings (SSSR count). The molecule has 1 unspecified atom stereocenters. The lowest BCUT2D eigenvalue weighted by atomic mass is 9.71. The van der Waals surface area contributed by atoms with Gasteiger partial charge in [0, 0.05) is 6.42 Å². The topological polar surface area (TPSA) is 74.6 Å². The average molecular weight is 396 g/mol. The highest BCUT2D eigenvalue weighted by molar-refractivity contribution is 6.18. The lowest BCUT2D eigenvalue weighted by molar-refractivity contribution is -0.119. The number of aliphatic hydroxyl groups is 1. The van der Waals surface area contributed by atoms with Gasteiger partial charge in [0.05, 0.1) is 17.1 Å². The molecule has 2 N–H and O–H groups in total. The van der Waals surface area contributed by atoms with Crippen LogP contribution in [0.5, 0.6) is 5.75 Å². The Bertz CT molecular complexity index is 1270. The number of phenols is 1. The number of carbonyl (C=O) groups excluding carboxylic acids is 2. The molecule has 0 saturated carbocycles. The number of phenolic OH excluding ortho intramolecular Hbond substituents is 1. The summed E-state index contributed by atoms with van der Waals surface area (Å²) in [6.07, 6.45) is 2.92. The molecule has 0 aromatic heterocycles. The van der Waals surface area contributed by atoms with E-state index in [0.717, 1.165) is 16.3 Å². The van der Waals surface area contributed by atoms with Crippen molar-refractivity contribution in [3.63, 3.8) is 0 Å². The Hall–Kier alpha value is -3.66. The van der Waals surface area contributed by atoms with Gasteiger partial charge < -0.3 is 10.2 Å². The van der Waals surface area contributed by atoms with Crippen molar-refractivity contribution in [2.75, 3.05) is 0 Å². The van der Waals surface area contributed by atoms with Crippen molar-refractivity contribution >= 4 is 22.3 Å². The van der Waals surface area contributed by atoms with Gasteiger partial charge in [-0.1, -0.05) is 54.6 Å². The van der Waals surface area contributed by atoms with E-state index in [4.69, 9.17) is 0 Å². The molecule has 0 heterocycles. The first-order valence-corrected chi connectivity index (χ1v) is 10.0. The van der Waals surface area contributed by atoms with Crippen molar-refractivity contribution in [1.29, 1.82) is 0 Å². The van der Waals surface area contributed by atoms with Crippen molar-refractivity contribution in [3.8, 4) is 5.75 Å². The van der Waals surface area contributed by atoms with Crippen LogP contribution in [0.25, 0.3) is 10.8 Å². The molecule has 4 heteroatoms. The molecule has 0 fully saturated rings. The Labute approximate surface area is 173 Å². The minimum atomic E-state index is -0.658. The van der Waals surface area contributed by atoms with E-state index in [2.05, 4.69) is 0 Å². The minimum absolute atomic E-state index is 0.0482. The third-order valence-corrected chi connectivity index (χ3v) is 6.08. The average Bonchev–Trinajstić information content (AvgIpc) is 2.74. The summed E-state index contributed by atoms with van der Waals surface area (Å²) in [6.45, 7) is 0. The molecule has 0 spiro atoms. The minimum Gasteiger partial charge on any atom is -0.508 e. The van der Waals surface area contributed by atoms with Gasteiger partial charge in [0.1, 0.15) is 17.3 Å². The summed E-state index contributed by atoms with van der Waals surface area (Å²) in [4.78, 5) is 26.7. The van der Waals surface area contributed by atoms with Gasteiger partial charge in [-0.05, 0) is 52.5 Å². The lowest BCUT2D eigenvalue weighted by Gasteiger charge is -2.31. The van der Waals surface area contributed by atoms with E-state index in [1.807, 2.05) is 42.5 Å². The van der Waals surface area contributed by atoms with Gasteiger partial charge in [0.15, 0.2) is 0 Å². The molecule has 4 nitrogen and oxygen atoms in total. The van der Waals surface area contributed by atoms with E-state index in [9.17, 15) is 19.8 Å². The largest absolute Gasteiger partial charge is 0.508 e. The third-order valence-electron chi connectivity index (χ3n) is 6.08. The zero-order valence-electron chi connectivity index (χ0n) is 16.3. The maximum Gasteiger partial charge on any atom is 0.200 e. The number of hydrogen-bond acceptors (Lipinski definition) is 4. The summed E-state index contributed by atoms with van der Waals surface area (Å²) in [5.41, 5.74) is 2.40. The number of rotatable bonds is 3. The summed E-state index contributed by atoms with van der Waals surface area (Å²) in [6, 6.07) is 18.7. The standard InChI is InChI=1S/C26H20O4/c27-20-12-4-10-18-23(19-11-5-13-21(28)25(19)26(30)24(18)20)22(29)14-16-8-3-7-15-6-1-2-9-17(15)16/h1-4,6-10,12-13,23,27-28H,5,11,14H2. The van der Waals surface area contributed by atoms with Crippen LogP contribution < -0.4 is 0 Å². The molecular formula is C26H20O4. The Kier molecular flexibility index (Phi) is 4.28. The second-order valence-corrected chi connectivity index (χ2v) is 7.81. The number of hydrogen-bond donors (Lipinski definition) is 2. The first-order chi connectivity index (χ1) is 14.6. The van der Waals surface area contributed by atoms with Crippen LogP contribution in [0.3, 0.4) is 0 Å². The van der Waals surface area contributed by atoms with Crippen LogP contribution in [0.1, 0.15) is 40.2 Å². The van der Waals surface area contributed by atoms with Crippen molar-refractivity contribution in [2.24, 2.45) is 0 Å². The van der Waals surface area contributed by atoms with Crippen LogP contribution in [-0.2, 0) is 11.2 Å². The van der Waals surface area contributed by atoms with Crippen molar-refractivity contribution in [2.45, 2.75) is 25.2 Å². The number of allylic oxidation sites excluding steroid dienone is 3. The van der Waals surface area contributed by atoms with Gasteiger partial charge in [-0.25, -0.2) is 0 Å². The summed E-state index contributed by atoms with van der Waals surface area (Å²) in [7, 11) is 0. The fraction of sp³-hybridized carbons (Fsp3) is 0.154. The van der Waals surface area contributed by atoms with E-state index >= 15 is 0 Å². The molecule has 0 aliphatic heterocycles. The summed E-state index contributed by atoms with van der Waals surface area (Å²) in [5, 5.41) is 22.9. The highest BCUT2D eigenvalue weighted by Crippen LogP contribution is 2.45. The highest BCUT2D eigenvalue weighted by atomic mass is 16.3. The van der Waals surface area contributed by atoms with Gasteiger partial charge in [0.2, 0.25) is 5.78 Å². The third kappa shape index (κ3) is 2.76. The zero-order valence-corrected chi connectivity index (χ0v) is 16.3. The number of carbonyl (C=O) groups is 2. The van der Waals surface area contributed by atoms with Gasteiger partial charge >= 0.3 is 0 Å². The van der Waals surface area contributed by atoms with Crippen LogP contribution >= 0.6 is 0 Å². The number of ketones is 2. The lowest BCUT2D eigenvalue weighted by Crippen LogP contribution is -2.29. The Morgan fingerprint density at radius 2 is 1.73 bits per heavy atom. The first-order valence-electron chi connectivity index (χ1n) is 10.0. The van der Waals surface area contributed by atoms with Crippen molar-refractivity contribution in [3.05, 3.63) is 100 Å². The molecule has 2 aliphatic carbocycles. The van der Waals surface area contributed by atoms with Crippen LogP contribution in [-0.4, -0.2) is 21.8 Å². The summed E-state index contributed by atoms with van der Waals surface area (Å²) >= 11 is 0. The van der Waals surface area contributed by atoms with E-state index in [-0.39, 0.29) is 34.8 Å². The van der Waals surface area contributed by atoms with Crippen LogP contribution in [0.2, 0.25) is 0 Å². The Balaban J connectivity index is 1.64. The normalized spacial score (nSPS) is 18.1.